The number of carbonyl (C=O) groups excluding carboxylic acids is 1. The number of thiophene rings is 1. The van der Waals surface area contributed by atoms with Gasteiger partial charge in [-0.05, 0) is 47.8 Å². The van der Waals surface area contributed by atoms with E-state index in [4.69, 9.17) is 0 Å². The summed E-state index contributed by atoms with van der Waals surface area (Å²) in [6.45, 7) is 0. The number of fused-ring (bicyclic) bond motifs is 1. The Bertz CT molecular complexity index is 1580. The van der Waals surface area contributed by atoms with Crippen molar-refractivity contribution in [3.63, 3.8) is 0 Å². The molecular weight excluding hydrogens is 571 g/mol. The first-order valence-electron chi connectivity index (χ1n) is 10.3. The van der Waals surface area contributed by atoms with Crippen molar-refractivity contribution in [2.24, 2.45) is 0 Å². The number of nitrogens with zero attached hydrogens (tertiary/aromatic N) is 2. The molecule has 4 aromatic rings. The van der Waals surface area contributed by atoms with Gasteiger partial charge in [0.15, 0.2) is 5.82 Å². The third-order valence-electron chi connectivity index (χ3n) is 5.08. The third kappa shape index (κ3) is 6.27. The second kappa shape index (κ2) is 10.2. The van der Waals surface area contributed by atoms with E-state index in [2.05, 4.69) is 20.6 Å². The molecule has 4 rings (SSSR count). The zero-order chi connectivity index (χ0) is 27.9. The molecule has 38 heavy (non-hydrogen) atoms. The smallest absolute Gasteiger partial charge is 0.346 e. The number of anilines is 2. The Morgan fingerprint density at radius 1 is 0.947 bits per heavy atom. The number of benzene rings is 2. The lowest BCUT2D eigenvalue weighted by atomic mass is 10.1. The topological polar surface area (TPSA) is 182 Å². The van der Waals surface area contributed by atoms with E-state index in [0.717, 1.165) is 35.6 Å². The molecule has 11 nitrogen and oxygen atoms in total. The number of carbonyl (C=O) groups is 1. The van der Waals surface area contributed by atoms with Crippen molar-refractivity contribution in [3.8, 4) is 11.4 Å². The van der Waals surface area contributed by atoms with Gasteiger partial charge in [-0.15, -0.1) is 11.3 Å². The zero-order valence-corrected chi connectivity index (χ0v) is 21.3. The van der Waals surface area contributed by atoms with Crippen molar-refractivity contribution in [2.75, 3.05) is 10.6 Å². The van der Waals surface area contributed by atoms with Crippen LogP contribution in [0.25, 0.3) is 21.6 Å². The van der Waals surface area contributed by atoms with Crippen LogP contribution in [0.5, 0.6) is 0 Å². The zero-order valence-electron chi connectivity index (χ0n) is 18.7. The minimum Gasteiger partial charge on any atom is -0.346 e. The number of nitrogens with one attached hydrogen (secondary N) is 2. The molecule has 0 spiro atoms. The predicted octanol–water partition coefficient (Wildman–Crippen LogP) is 4.68. The SMILES string of the molecule is O=C(Nc1cccc(-c2nc(NC(P(=O)(O)O)P(=O)(O)O)c3ccsc3n2)c1)c1ccc(C(F)(F)F)cc1. The number of amides is 1. The van der Waals surface area contributed by atoms with E-state index in [0.29, 0.717) is 10.4 Å². The van der Waals surface area contributed by atoms with E-state index >= 15 is 0 Å². The lowest BCUT2D eigenvalue weighted by molar-refractivity contribution is -0.137. The van der Waals surface area contributed by atoms with E-state index in [9.17, 15) is 46.7 Å². The molecule has 17 heteroatoms. The van der Waals surface area contributed by atoms with Crippen LogP contribution < -0.4 is 10.6 Å². The maximum Gasteiger partial charge on any atom is 0.416 e. The summed E-state index contributed by atoms with van der Waals surface area (Å²) in [5.74, 6) is -0.913. The van der Waals surface area contributed by atoms with Gasteiger partial charge >= 0.3 is 21.4 Å². The molecule has 2 aromatic heterocycles. The van der Waals surface area contributed by atoms with Crippen LogP contribution in [0.2, 0.25) is 0 Å². The molecule has 1 amide bonds. The summed E-state index contributed by atoms with van der Waals surface area (Å²) in [4.78, 5) is 59.3. The molecule has 0 saturated heterocycles. The molecule has 0 aliphatic rings. The molecule has 0 unspecified atom stereocenters. The van der Waals surface area contributed by atoms with Crippen LogP contribution >= 0.6 is 26.5 Å². The lowest BCUT2D eigenvalue weighted by Crippen LogP contribution is -2.21. The van der Waals surface area contributed by atoms with E-state index in [1.807, 2.05) is 0 Å². The van der Waals surface area contributed by atoms with Gasteiger partial charge in [0.05, 0.1) is 10.9 Å². The Labute approximate surface area is 215 Å². The molecule has 0 atom stereocenters. The number of halogens is 3. The summed E-state index contributed by atoms with van der Waals surface area (Å²) >= 11 is 1.14. The van der Waals surface area contributed by atoms with Crippen molar-refractivity contribution in [3.05, 3.63) is 71.1 Å². The average molecular weight is 588 g/mol. The number of rotatable bonds is 7. The Kier molecular flexibility index (Phi) is 7.47. The maximum absolute atomic E-state index is 12.8. The standard InChI is InChI=1S/C21H17F3N4O7P2S/c22-21(23,24)13-6-4-11(5-7-13)18(29)25-14-3-1-2-12(10-14)16-26-17(15-8-9-38-19(15)27-16)28-20(36(30,31)32)37(33,34)35/h1-10,20H,(H,25,29)(H,26,27,28)(H2,30,31,32)(H2,33,34,35). The van der Waals surface area contributed by atoms with Gasteiger partial charge in [0.25, 0.3) is 5.91 Å². The second-order valence-electron chi connectivity index (χ2n) is 7.84. The minimum atomic E-state index is -5.32. The van der Waals surface area contributed by atoms with Crippen LogP contribution in [0.3, 0.4) is 0 Å². The molecule has 0 aliphatic heterocycles. The van der Waals surface area contributed by atoms with Crippen molar-refractivity contribution in [2.45, 2.75) is 11.7 Å². The fraction of sp³-hybridized carbons (Fsp3) is 0.0952. The van der Waals surface area contributed by atoms with E-state index in [1.165, 1.54) is 24.3 Å². The van der Waals surface area contributed by atoms with Gasteiger partial charge < -0.3 is 30.2 Å². The number of hydrogen-bond acceptors (Lipinski definition) is 7. The monoisotopic (exact) mass is 588 g/mol. The van der Waals surface area contributed by atoms with Crippen LogP contribution in [0.15, 0.2) is 60.0 Å². The Morgan fingerprint density at radius 2 is 1.61 bits per heavy atom. The molecule has 0 saturated carbocycles. The normalized spacial score (nSPS) is 12.6. The van der Waals surface area contributed by atoms with E-state index < -0.39 is 38.4 Å². The van der Waals surface area contributed by atoms with Crippen LogP contribution in [-0.2, 0) is 15.3 Å². The highest BCUT2D eigenvalue weighted by atomic mass is 32.1. The summed E-state index contributed by atoms with van der Waals surface area (Å²) in [5.41, 5.74) is -2.92. The molecule has 2 heterocycles. The fourth-order valence-electron chi connectivity index (χ4n) is 3.33. The van der Waals surface area contributed by atoms with Gasteiger partial charge in [-0.2, -0.15) is 13.2 Å². The first-order valence-corrected chi connectivity index (χ1v) is 14.6. The van der Waals surface area contributed by atoms with Gasteiger partial charge in [-0.25, -0.2) is 9.97 Å². The second-order valence-corrected chi connectivity index (χ2v) is 12.5. The highest BCUT2D eigenvalue weighted by molar-refractivity contribution is 7.71. The molecule has 2 aromatic carbocycles. The van der Waals surface area contributed by atoms with Gasteiger partial charge in [-0.3, -0.25) is 13.9 Å². The highest BCUT2D eigenvalue weighted by Gasteiger charge is 2.44. The van der Waals surface area contributed by atoms with Gasteiger partial charge in [0.1, 0.15) is 10.6 Å². The lowest BCUT2D eigenvalue weighted by Gasteiger charge is -2.21. The van der Waals surface area contributed by atoms with E-state index in [-0.39, 0.29) is 28.3 Å². The van der Waals surface area contributed by atoms with Crippen molar-refractivity contribution in [1.82, 2.24) is 9.97 Å². The molecule has 6 N–H and O–H groups in total. The van der Waals surface area contributed by atoms with Gasteiger partial charge in [0.2, 0.25) is 5.52 Å². The first kappa shape index (κ1) is 27.9. The minimum absolute atomic E-state index is 0.00301. The highest BCUT2D eigenvalue weighted by Crippen LogP contribution is 2.59. The summed E-state index contributed by atoms with van der Waals surface area (Å²) in [7, 11) is -10.6. The summed E-state index contributed by atoms with van der Waals surface area (Å²) in [5, 5.41) is 6.57. The maximum atomic E-state index is 12.8. The Morgan fingerprint density at radius 3 is 2.21 bits per heavy atom. The number of hydrogen-bond donors (Lipinski definition) is 6. The molecule has 0 radical (unpaired) electrons. The Balaban J connectivity index is 1.65. The molecule has 0 fully saturated rings. The summed E-state index contributed by atoms with van der Waals surface area (Å²) in [6.07, 6.45) is -4.54. The summed E-state index contributed by atoms with van der Waals surface area (Å²) < 4.78 is 61.8. The van der Waals surface area contributed by atoms with Gasteiger partial charge in [-0.1, -0.05) is 12.1 Å². The Hall–Kier alpha value is -3.16. The van der Waals surface area contributed by atoms with Crippen LogP contribution in [0.4, 0.5) is 24.7 Å². The molecule has 0 aliphatic carbocycles. The number of aromatic nitrogens is 2. The molecule has 200 valence electrons. The summed E-state index contributed by atoms with van der Waals surface area (Å²) in [6, 6.07) is 11.2. The van der Waals surface area contributed by atoms with Gasteiger partial charge in [0, 0.05) is 16.8 Å². The average Bonchev–Trinajstić information content (AvgIpc) is 3.29. The number of alkyl halides is 3. The predicted molar refractivity (Wildman–Crippen MR) is 134 cm³/mol. The van der Waals surface area contributed by atoms with Crippen molar-refractivity contribution in [1.29, 1.82) is 0 Å². The van der Waals surface area contributed by atoms with Crippen LogP contribution in [0, 0.1) is 0 Å². The van der Waals surface area contributed by atoms with E-state index in [1.54, 1.807) is 11.4 Å². The largest absolute Gasteiger partial charge is 0.416 e. The molecular formula is C21H17F3N4O7P2S. The fourth-order valence-corrected chi connectivity index (χ4v) is 6.24. The van der Waals surface area contributed by atoms with Crippen LogP contribution in [-0.4, -0.2) is 41.0 Å². The van der Waals surface area contributed by atoms with Crippen molar-refractivity contribution >= 4 is 54.2 Å². The molecule has 0 bridgehead atoms. The quantitative estimate of drug-likeness (QED) is 0.166. The van der Waals surface area contributed by atoms with Crippen molar-refractivity contribution < 1.29 is 46.7 Å². The first-order chi connectivity index (χ1) is 17.6. The van der Waals surface area contributed by atoms with Crippen LogP contribution in [0.1, 0.15) is 15.9 Å². The third-order valence-corrected chi connectivity index (χ3v) is 9.23.